The number of rotatable bonds is 6. The van der Waals surface area contributed by atoms with E-state index in [0.29, 0.717) is 44.7 Å². The number of sulfone groups is 1. The Balaban J connectivity index is 1.67. The van der Waals surface area contributed by atoms with Gasteiger partial charge in [-0.15, -0.1) is 0 Å². The molecule has 194 valence electrons. The van der Waals surface area contributed by atoms with E-state index in [1.165, 1.54) is 6.07 Å². The van der Waals surface area contributed by atoms with Crippen LogP contribution in [-0.4, -0.2) is 39.6 Å². The van der Waals surface area contributed by atoms with Gasteiger partial charge in [-0.25, -0.2) is 22.4 Å². The Kier molecular flexibility index (Phi) is 6.83. The van der Waals surface area contributed by atoms with Crippen molar-refractivity contribution in [3.8, 4) is 39.6 Å². The lowest BCUT2D eigenvalue weighted by Crippen LogP contribution is -2.06. The average molecular weight is 573 g/mol. The molecule has 0 aliphatic heterocycles. The lowest BCUT2D eigenvalue weighted by atomic mass is 10.0. The molecule has 3 aromatic carbocycles. The van der Waals surface area contributed by atoms with Gasteiger partial charge in [0, 0.05) is 23.6 Å². The van der Waals surface area contributed by atoms with Crippen molar-refractivity contribution < 1.29 is 22.5 Å². The lowest BCUT2D eigenvalue weighted by Gasteiger charge is -2.14. The number of aromatic nitrogens is 4. The van der Waals surface area contributed by atoms with Crippen LogP contribution < -0.4 is 0 Å². The van der Waals surface area contributed by atoms with Crippen LogP contribution in [0.2, 0.25) is 10.0 Å². The summed E-state index contributed by atoms with van der Waals surface area (Å²) in [5.74, 6) is -0.345. The van der Waals surface area contributed by atoms with E-state index < -0.39 is 22.3 Å². The van der Waals surface area contributed by atoms with Crippen molar-refractivity contribution in [1.29, 1.82) is 0 Å². The number of imidazole rings is 1. The molecule has 0 bridgehead atoms. The first kappa shape index (κ1) is 26.1. The number of benzene rings is 3. The largest absolute Gasteiger partial charge is 0.392 e. The lowest BCUT2D eigenvalue weighted by molar-refractivity contribution is 0.272. The van der Waals surface area contributed by atoms with Crippen LogP contribution in [0.1, 0.15) is 11.3 Å². The van der Waals surface area contributed by atoms with Crippen molar-refractivity contribution in [2.24, 2.45) is 0 Å². The molecule has 0 aliphatic rings. The summed E-state index contributed by atoms with van der Waals surface area (Å²) >= 11 is 13.2. The Morgan fingerprint density at radius 3 is 2.42 bits per heavy atom. The minimum atomic E-state index is -3.80. The zero-order valence-electron chi connectivity index (χ0n) is 20.0. The van der Waals surface area contributed by atoms with Crippen molar-refractivity contribution >= 4 is 33.0 Å². The van der Waals surface area contributed by atoms with Gasteiger partial charge in [-0.3, -0.25) is 4.57 Å². The number of nitrogens with zero attached hydrogens (tertiary/aromatic N) is 4. The number of hydrogen-bond acceptors (Lipinski definition) is 7. The van der Waals surface area contributed by atoms with Crippen molar-refractivity contribution in [3.63, 3.8) is 0 Å². The molecule has 0 amide bonds. The van der Waals surface area contributed by atoms with Crippen LogP contribution in [-0.2, 0) is 16.4 Å². The van der Waals surface area contributed by atoms with Gasteiger partial charge in [-0.1, -0.05) is 46.6 Å². The first-order valence-electron chi connectivity index (χ1n) is 11.2. The summed E-state index contributed by atoms with van der Waals surface area (Å²) < 4.78 is 45.8. The number of aliphatic hydroxyl groups excluding tert-OH is 1. The second-order valence-corrected chi connectivity index (χ2v) is 11.3. The monoisotopic (exact) mass is 572 g/mol. The summed E-state index contributed by atoms with van der Waals surface area (Å²) in [7, 11) is -3.80. The predicted molar refractivity (Wildman–Crippen MR) is 141 cm³/mol. The van der Waals surface area contributed by atoms with E-state index in [1.807, 2.05) is 12.1 Å². The third-order valence-electron chi connectivity index (χ3n) is 5.97. The van der Waals surface area contributed by atoms with Crippen LogP contribution in [0.25, 0.3) is 39.6 Å². The smallest absolute Gasteiger partial charge is 0.176 e. The standard InChI is InChI=1S/C26H19Cl2FN4O4S/c1-14-25(32-37-31-14)22-12-33(26(30-22)17-5-3-4-6-19(17)27)23-8-7-15(9-20(23)28)16-10-21(29)18(13-34)24(11-16)38(2,35)36/h3-12,34H,13H2,1-2H3. The first-order chi connectivity index (χ1) is 18.1. The quantitative estimate of drug-likeness (QED) is 0.269. The van der Waals surface area contributed by atoms with E-state index in [0.717, 1.165) is 12.3 Å². The highest BCUT2D eigenvalue weighted by Crippen LogP contribution is 2.36. The molecule has 5 rings (SSSR count). The third-order valence-corrected chi connectivity index (χ3v) is 7.76. The Hall–Kier alpha value is -3.57. The Labute approximate surface area is 227 Å². The van der Waals surface area contributed by atoms with Gasteiger partial charge in [0.15, 0.2) is 15.5 Å². The van der Waals surface area contributed by atoms with Gasteiger partial charge >= 0.3 is 0 Å². The molecule has 1 N–H and O–H groups in total. The molecule has 8 nitrogen and oxygen atoms in total. The average Bonchev–Trinajstić information content (AvgIpc) is 3.49. The Morgan fingerprint density at radius 1 is 1.03 bits per heavy atom. The highest BCUT2D eigenvalue weighted by Gasteiger charge is 2.22. The summed E-state index contributed by atoms with van der Waals surface area (Å²) in [5.41, 5.74) is 3.15. The molecule has 0 atom stereocenters. The molecular formula is C26H19Cl2FN4O4S. The molecule has 0 saturated carbocycles. The third kappa shape index (κ3) is 4.71. The summed E-state index contributed by atoms with van der Waals surface area (Å²) in [6, 6.07) is 14.7. The molecule has 0 saturated heterocycles. The van der Waals surface area contributed by atoms with E-state index in [2.05, 4.69) is 10.3 Å². The highest BCUT2D eigenvalue weighted by atomic mass is 35.5. The molecule has 0 spiro atoms. The van der Waals surface area contributed by atoms with Gasteiger partial charge < -0.3 is 5.11 Å². The van der Waals surface area contributed by atoms with Crippen LogP contribution >= 0.6 is 23.2 Å². The van der Waals surface area contributed by atoms with Crippen molar-refractivity contribution in [1.82, 2.24) is 19.9 Å². The van der Waals surface area contributed by atoms with Gasteiger partial charge in [0.05, 0.1) is 27.2 Å². The van der Waals surface area contributed by atoms with Gasteiger partial charge in [-0.05, 0) is 59.6 Å². The SMILES string of the molecule is Cc1nonc1-c1cn(-c2ccc(-c3cc(F)c(CO)c(S(C)(=O)=O)c3)cc2Cl)c(-c2ccccc2Cl)n1. The zero-order chi connectivity index (χ0) is 27.2. The second-order valence-electron chi connectivity index (χ2n) is 8.53. The molecular weight excluding hydrogens is 554 g/mol. The number of halogens is 3. The maximum atomic E-state index is 14.7. The van der Waals surface area contributed by atoms with E-state index in [1.54, 1.807) is 48.0 Å². The molecule has 38 heavy (non-hydrogen) atoms. The summed E-state index contributed by atoms with van der Waals surface area (Å²) in [4.78, 5) is 4.44. The van der Waals surface area contributed by atoms with E-state index in [9.17, 15) is 17.9 Å². The summed E-state index contributed by atoms with van der Waals surface area (Å²) in [6.07, 6.45) is 2.68. The zero-order valence-corrected chi connectivity index (χ0v) is 22.3. The maximum absolute atomic E-state index is 14.7. The number of aryl methyl sites for hydroxylation is 1. The Morgan fingerprint density at radius 2 is 1.79 bits per heavy atom. The summed E-state index contributed by atoms with van der Waals surface area (Å²) in [6.45, 7) is 0.996. The Bertz CT molecular complexity index is 1800. The number of aliphatic hydroxyl groups is 1. The first-order valence-corrected chi connectivity index (χ1v) is 13.8. The van der Waals surface area contributed by atoms with E-state index >= 15 is 0 Å². The van der Waals surface area contributed by atoms with Crippen LogP contribution in [0.5, 0.6) is 0 Å². The van der Waals surface area contributed by atoms with Crippen LogP contribution in [0, 0.1) is 12.7 Å². The van der Waals surface area contributed by atoms with Crippen LogP contribution in [0.4, 0.5) is 4.39 Å². The van der Waals surface area contributed by atoms with Crippen molar-refractivity contribution in [2.45, 2.75) is 18.4 Å². The molecule has 5 aromatic rings. The fraction of sp³-hybridized carbons (Fsp3) is 0.115. The van der Waals surface area contributed by atoms with Gasteiger partial charge in [-0.2, -0.15) is 0 Å². The molecule has 0 unspecified atom stereocenters. The van der Waals surface area contributed by atoms with E-state index in [-0.39, 0.29) is 21.0 Å². The molecule has 0 fully saturated rings. The maximum Gasteiger partial charge on any atom is 0.176 e. The van der Waals surface area contributed by atoms with Crippen molar-refractivity contribution in [3.05, 3.63) is 87.9 Å². The predicted octanol–water partition coefficient (Wildman–Crippen LogP) is 5.91. The second kappa shape index (κ2) is 9.95. The topological polar surface area (TPSA) is 111 Å². The van der Waals surface area contributed by atoms with Crippen LogP contribution in [0.3, 0.4) is 0 Å². The van der Waals surface area contributed by atoms with Gasteiger partial charge in [0.2, 0.25) is 0 Å². The fourth-order valence-electron chi connectivity index (χ4n) is 4.12. The molecule has 12 heteroatoms. The van der Waals surface area contributed by atoms with Crippen LogP contribution in [0.15, 0.2) is 70.3 Å². The normalized spacial score (nSPS) is 11.7. The fourth-order valence-corrected chi connectivity index (χ4v) is 5.56. The molecule has 0 aliphatic carbocycles. The minimum absolute atomic E-state index is 0.280. The summed E-state index contributed by atoms with van der Waals surface area (Å²) in [5, 5.41) is 18.0. The van der Waals surface area contributed by atoms with E-state index in [4.69, 9.17) is 32.8 Å². The van der Waals surface area contributed by atoms with Gasteiger partial charge in [0.1, 0.15) is 23.0 Å². The van der Waals surface area contributed by atoms with Gasteiger partial charge in [0.25, 0.3) is 0 Å². The highest BCUT2D eigenvalue weighted by molar-refractivity contribution is 7.90. The number of hydrogen-bond donors (Lipinski definition) is 1. The molecule has 2 heterocycles. The molecule has 0 radical (unpaired) electrons. The minimum Gasteiger partial charge on any atom is -0.392 e. The molecule has 2 aromatic heterocycles. The van der Waals surface area contributed by atoms with Crippen molar-refractivity contribution in [2.75, 3.05) is 6.26 Å².